The van der Waals surface area contributed by atoms with E-state index in [-0.39, 0.29) is 5.91 Å². The lowest BCUT2D eigenvalue weighted by molar-refractivity contribution is -0.117. The molecule has 0 spiro atoms. The molecule has 1 aromatic heterocycles. The van der Waals surface area contributed by atoms with E-state index in [1.807, 2.05) is 30.5 Å². The van der Waals surface area contributed by atoms with Gasteiger partial charge in [0.25, 0.3) is 0 Å². The summed E-state index contributed by atoms with van der Waals surface area (Å²) in [6.07, 6.45) is 2.87. The molecule has 0 saturated heterocycles. The summed E-state index contributed by atoms with van der Waals surface area (Å²) in [5.41, 5.74) is 4.62. The molecule has 0 fully saturated rings. The second kappa shape index (κ2) is 5.89. The molecule has 116 valence electrons. The van der Waals surface area contributed by atoms with E-state index in [1.54, 1.807) is 0 Å². The summed E-state index contributed by atoms with van der Waals surface area (Å²) in [5.74, 6) is 0.0362. The van der Waals surface area contributed by atoms with Gasteiger partial charge < -0.3 is 10.3 Å². The minimum absolute atomic E-state index is 0.0362. The lowest BCUT2D eigenvalue weighted by Crippen LogP contribution is -2.37. The maximum absolute atomic E-state index is 12.4. The normalized spacial score (nSPS) is 14.6. The van der Waals surface area contributed by atoms with Gasteiger partial charge in [-0.3, -0.25) is 9.69 Å². The summed E-state index contributed by atoms with van der Waals surface area (Å²) in [5, 5.41) is 4.07. The second-order valence-corrected chi connectivity index (χ2v) is 6.03. The van der Waals surface area contributed by atoms with Crippen molar-refractivity contribution in [3.63, 3.8) is 0 Å². The standard InChI is InChI=1S/C19H19N3O/c23-19(21-18-11-20-17-8-4-3-7-16(17)18)13-22-10-9-14-5-1-2-6-15(14)12-22/h1-8,11,20H,9-10,12-13H2,(H,21,23). The molecule has 2 N–H and O–H groups in total. The number of nitrogens with zero attached hydrogens (tertiary/aromatic N) is 1. The fourth-order valence-electron chi connectivity index (χ4n) is 3.26. The summed E-state index contributed by atoms with van der Waals surface area (Å²) in [6.45, 7) is 2.20. The Morgan fingerprint density at radius 2 is 1.87 bits per heavy atom. The van der Waals surface area contributed by atoms with Crippen molar-refractivity contribution in [3.05, 3.63) is 65.9 Å². The zero-order chi connectivity index (χ0) is 15.6. The number of amides is 1. The van der Waals surface area contributed by atoms with Gasteiger partial charge in [-0.05, 0) is 23.6 Å². The molecule has 0 atom stereocenters. The molecule has 4 heteroatoms. The molecule has 0 unspecified atom stereocenters. The monoisotopic (exact) mass is 305 g/mol. The summed E-state index contributed by atoms with van der Waals surface area (Å²) in [7, 11) is 0. The van der Waals surface area contributed by atoms with E-state index in [0.29, 0.717) is 6.54 Å². The number of carbonyl (C=O) groups excluding carboxylic acids is 1. The van der Waals surface area contributed by atoms with Crippen molar-refractivity contribution >= 4 is 22.5 Å². The van der Waals surface area contributed by atoms with E-state index in [4.69, 9.17) is 0 Å². The van der Waals surface area contributed by atoms with Crippen LogP contribution in [0.15, 0.2) is 54.7 Å². The fourth-order valence-corrected chi connectivity index (χ4v) is 3.26. The molecule has 0 bridgehead atoms. The van der Waals surface area contributed by atoms with Crippen molar-refractivity contribution in [3.8, 4) is 0 Å². The number of fused-ring (bicyclic) bond motifs is 2. The number of hydrogen-bond acceptors (Lipinski definition) is 2. The van der Waals surface area contributed by atoms with Crippen molar-refractivity contribution in [2.75, 3.05) is 18.4 Å². The first-order chi connectivity index (χ1) is 11.3. The minimum atomic E-state index is 0.0362. The summed E-state index contributed by atoms with van der Waals surface area (Å²) >= 11 is 0. The van der Waals surface area contributed by atoms with Crippen LogP contribution in [0.2, 0.25) is 0 Å². The van der Waals surface area contributed by atoms with Crippen LogP contribution in [0.25, 0.3) is 10.9 Å². The van der Waals surface area contributed by atoms with Crippen molar-refractivity contribution in [1.29, 1.82) is 0 Å². The predicted octanol–water partition coefficient (Wildman–Crippen LogP) is 3.16. The molecular formula is C19H19N3O. The number of hydrogen-bond donors (Lipinski definition) is 2. The quantitative estimate of drug-likeness (QED) is 0.781. The molecule has 3 aromatic rings. The van der Waals surface area contributed by atoms with Gasteiger partial charge in [0, 0.05) is 30.2 Å². The molecular weight excluding hydrogens is 286 g/mol. The van der Waals surface area contributed by atoms with Crippen molar-refractivity contribution < 1.29 is 4.79 Å². The Morgan fingerprint density at radius 1 is 1.09 bits per heavy atom. The van der Waals surface area contributed by atoms with Gasteiger partial charge in [-0.2, -0.15) is 0 Å². The average molecular weight is 305 g/mol. The molecule has 23 heavy (non-hydrogen) atoms. The third-order valence-electron chi connectivity index (χ3n) is 4.44. The Morgan fingerprint density at radius 3 is 2.78 bits per heavy atom. The SMILES string of the molecule is O=C(CN1CCc2ccccc2C1)Nc1c[nH]c2ccccc12. The zero-order valence-electron chi connectivity index (χ0n) is 12.9. The van der Waals surface area contributed by atoms with E-state index in [0.717, 1.165) is 36.1 Å². The van der Waals surface area contributed by atoms with Crippen molar-refractivity contribution in [1.82, 2.24) is 9.88 Å². The number of para-hydroxylation sites is 1. The summed E-state index contributed by atoms with van der Waals surface area (Å²) in [6, 6.07) is 16.5. The Labute approximate surface area is 135 Å². The molecule has 4 nitrogen and oxygen atoms in total. The third-order valence-corrected chi connectivity index (χ3v) is 4.44. The molecule has 4 rings (SSSR count). The van der Waals surface area contributed by atoms with Gasteiger partial charge >= 0.3 is 0 Å². The predicted molar refractivity (Wildman–Crippen MR) is 92.4 cm³/mol. The van der Waals surface area contributed by atoms with E-state index in [1.165, 1.54) is 11.1 Å². The Kier molecular flexibility index (Phi) is 3.60. The van der Waals surface area contributed by atoms with Crippen LogP contribution in [0.4, 0.5) is 5.69 Å². The molecule has 2 heterocycles. The lowest BCUT2D eigenvalue weighted by Gasteiger charge is -2.28. The molecule has 2 aromatic carbocycles. The minimum Gasteiger partial charge on any atom is -0.359 e. The molecule has 0 aliphatic carbocycles. The highest BCUT2D eigenvalue weighted by Crippen LogP contribution is 2.23. The zero-order valence-corrected chi connectivity index (χ0v) is 12.9. The number of nitrogens with one attached hydrogen (secondary N) is 2. The highest BCUT2D eigenvalue weighted by atomic mass is 16.2. The van der Waals surface area contributed by atoms with Crippen LogP contribution < -0.4 is 5.32 Å². The van der Waals surface area contributed by atoms with Crippen LogP contribution >= 0.6 is 0 Å². The van der Waals surface area contributed by atoms with Gasteiger partial charge in [0.15, 0.2) is 0 Å². The van der Waals surface area contributed by atoms with E-state index in [2.05, 4.69) is 39.5 Å². The first kappa shape index (κ1) is 14.0. The van der Waals surface area contributed by atoms with Crippen LogP contribution in [0.1, 0.15) is 11.1 Å². The number of carbonyl (C=O) groups is 1. The van der Waals surface area contributed by atoms with Crippen LogP contribution in [0.5, 0.6) is 0 Å². The van der Waals surface area contributed by atoms with E-state index in [9.17, 15) is 4.79 Å². The number of anilines is 1. The topological polar surface area (TPSA) is 48.1 Å². The number of aromatic amines is 1. The van der Waals surface area contributed by atoms with Gasteiger partial charge in [0.1, 0.15) is 0 Å². The first-order valence-corrected chi connectivity index (χ1v) is 7.95. The Bertz CT molecular complexity index is 852. The number of H-pyrrole nitrogens is 1. The highest BCUT2D eigenvalue weighted by molar-refractivity contribution is 6.02. The van der Waals surface area contributed by atoms with Gasteiger partial charge in [-0.25, -0.2) is 0 Å². The smallest absolute Gasteiger partial charge is 0.238 e. The van der Waals surface area contributed by atoms with E-state index >= 15 is 0 Å². The number of benzene rings is 2. The fraction of sp³-hybridized carbons (Fsp3) is 0.211. The maximum atomic E-state index is 12.4. The largest absolute Gasteiger partial charge is 0.359 e. The van der Waals surface area contributed by atoms with Crippen LogP contribution in [-0.2, 0) is 17.8 Å². The van der Waals surface area contributed by atoms with Gasteiger partial charge in [0.2, 0.25) is 5.91 Å². The molecule has 1 amide bonds. The second-order valence-electron chi connectivity index (χ2n) is 6.03. The van der Waals surface area contributed by atoms with Crippen LogP contribution in [0.3, 0.4) is 0 Å². The number of rotatable bonds is 3. The third kappa shape index (κ3) is 2.85. The van der Waals surface area contributed by atoms with Crippen molar-refractivity contribution in [2.24, 2.45) is 0 Å². The Balaban J connectivity index is 1.43. The molecule has 0 saturated carbocycles. The first-order valence-electron chi connectivity index (χ1n) is 7.95. The van der Waals surface area contributed by atoms with Gasteiger partial charge in [-0.1, -0.05) is 42.5 Å². The van der Waals surface area contributed by atoms with Crippen LogP contribution in [0, 0.1) is 0 Å². The molecule has 1 aliphatic heterocycles. The Hall–Kier alpha value is -2.59. The van der Waals surface area contributed by atoms with Crippen molar-refractivity contribution in [2.45, 2.75) is 13.0 Å². The number of aromatic nitrogens is 1. The summed E-state index contributed by atoms with van der Waals surface area (Å²) in [4.78, 5) is 17.8. The lowest BCUT2D eigenvalue weighted by atomic mass is 10.00. The molecule has 0 radical (unpaired) electrons. The van der Waals surface area contributed by atoms with Gasteiger partial charge in [-0.15, -0.1) is 0 Å². The summed E-state index contributed by atoms with van der Waals surface area (Å²) < 4.78 is 0. The maximum Gasteiger partial charge on any atom is 0.238 e. The molecule has 1 aliphatic rings. The van der Waals surface area contributed by atoms with Crippen LogP contribution in [-0.4, -0.2) is 28.9 Å². The highest BCUT2D eigenvalue weighted by Gasteiger charge is 2.18. The van der Waals surface area contributed by atoms with Gasteiger partial charge in [0.05, 0.1) is 12.2 Å². The average Bonchev–Trinajstić information content (AvgIpc) is 2.98. The van der Waals surface area contributed by atoms with E-state index < -0.39 is 0 Å².